The van der Waals surface area contributed by atoms with Crippen LogP contribution in [0.2, 0.25) is 0 Å². The van der Waals surface area contributed by atoms with E-state index in [0.29, 0.717) is 0 Å². The Morgan fingerprint density at radius 3 is 2.94 bits per heavy atom. The molecule has 1 aliphatic rings. The number of alkyl halides is 2. The van der Waals surface area contributed by atoms with Gasteiger partial charge >= 0.3 is 0 Å². The summed E-state index contributed by atoms with van der Waals surface area (Å²) in [5.74, 6) is 0. The van der Waals surface area contributed by atoms with Crippen molar-refractivity contribution < 1.29 is 8.78 Å². The Balaban J connectivity index is 2.13. The van der Waals surface area contributed by atoms with Crippen LogP contribution in [0.15, 0.2) is 24.3 Å². The van der Waals surface area contributed by atoms with Crippen molar-refractivity contribution in [2.75, 3.05) is 13.1 Å². The third-order valence-electron chi connectivity index (χ3n) is 3.16. The first-order valence-corrected chi connectivity index (χ1v) is 5.75. The fourth-order valence-corrected chi connectivity index (χ4v) is 2.48. The molecular formula is C13H17F2N. The van der Waals surface area contributed by atoms with Gasteiger partial charge in [0.2, 0.25) is 0 Å². The average Bonchev–Trinajstić information content (AvgIpc) is 2.65. The Hall–Kier alpha value is -0.960. The molecule has 1 atom stereocenters. The van der Waals surface area contributed by atoms with Gasteiger partial charge in [0.1, 0.15) is 0 Å². The fraction of sp³-hybridized carbons (Fsp3) is 0.538. The number of benzene rings is 1. The lowest BCUT2D eigenvalue weighted by Crippen LogP contribution is -2.28. The molecule has 88 valence electrons. The zero-order chi connectivity index (χ0) is 11.5. The van der Waals surface area contributed by atoms with Crippen molar-refractivity contribution >= 4 is 0 Å². The molecule has 1 heterocycles. The Labute approximate surface area is 95.1 Å². The van der Waals surface area contributed by atoms with Crippen LogP contribution in [-0.4, -0.2) is 24.4 Å². The Bertz CT molecular complexity index is 352. The van der Waals surface area contributed by atoms with Crippen molar-refractivity contribution in [2.24, 2.45) is 0 Å². The molecule has 0 amide bonds. The molecule has 0 unspecified atom stereocenters. The highest BCUT2D eigenvalue weighted by Gasteiger charge is 2.27. The lowest BCUT2D eigenvalue weighted by Gasteiger charge is -2.24. The monoisotopic (exact) mass is 225 g/mol. The van der Waals surface area contributed by atoms with E-state index in [2.05, 4.69) is 6.07 Å². The van der Waals surface area contributed by atoms with Crippen LogP contribution >= 0.6 is 0 Å². The second-order valence-electron chi connectivity index (χ2n) is 4.46. The van der Waals surface area contributed by atoms with E-state index in [1.807, 2.05) is 30.0 Å². The molecular weight excluding hydrogens is 208 g/mol. The molecule has 1 aliphatic heterocycles. The minimum absolute atomic E-state index is 0.0986. The summed E-state index contributed by atoms with van der Waals surface area (Å²) in [6, 6.07) is 8.38. The maximum absolute atomic E-state index is 12.4. The van der Waals surface area contributed by atoms with Gasteiger partial charge in [0.25, 0.3) is 6.43 Å². The van der Waals surface area contributed by atoms with E-state index in [-0.39, 0.29) is 12.6 Å². The molecule has 1 aromatic rings. The Kier molecular flexibility index (Phi) is 3.54. The Morgan fingerprint density at radius 1 is 1.44 bits per heavy atom. The third kappa shape index (κ3) is 2.59. The molecule has 0 aromatic heterocycles. The highest BCUT2D eigenvalue weighted by atomic mass is 19.3. The maximum atomic E-state index is 12.4. The quantitative estimate of drug-likeness (QED) is 0.762. The van der Waals surface area contributed by atoms with Crippen LogP contribution in [0.1, 0.15) is 30.0 Å². The van der Waals surface area contributed by atoms with Crippen LogP contribution in [0.5, 0.6) is 0 Å². The van der Waals surface area contributed by atoms with Crippen LogP contribution < -0.4 is 0 Å². The molecule has 0 aliphatic carbocycles. The van der Waals surface area contributed by atoms with Gasteiger partial charge in [-0.1, -0.05) is 29.8 Å². The molecule has 0 radical (unpaired) electrons. The first-order chi connectivity index (χ1) is 7.66. The zero-order valence-electron chi connectivity index (χ0n) is 9.50. The van der Waals surface area contributed by atoms with Crippen molar-refractivity contribution in [3.8, 4) is 0 Å². The number of likely N-dealkylation sites (tertiary alicyclic amines) is 1. The first-order valence-electron chi connectivity index (χ1n) is 5.75. The number of hydrogen-bond donors (Lipinski definition) is 0. The average molecular weight is 225 g/mol. The maximum Gasteiger partial charge on any atom is 0.251 e. The lowest BCUT2D eigenvalue weighted by atomic mass is 10.0. The highest BCUT2D eigenvalue weighted by Crippen LogP contribution is 2.32. The molecule has 1 saturated heterocycles. The summed E-state index contributed by atoms with van der Waals surface area (Å²) in [6.07, 6.45) is -0.216. The minimum Gasteiger partial charge on any atom is -0.291 e. The van der Waals surface area contributed by atoms with E-state index < -0.39 is 6.43 Å². The highest BCUT2D eigenvalue weighted by molar-refractivity contribution is 5.25. The summed E-state index contributed by atoms with van der Waals surface area (Å²) in [5, 5.41) is 0. The SMILES string of the molecule is Cc1cccc([C@H]2CCCN2CC(F)F)c1. The number of halogens is 2. The summed E-state index contributed by atoms with van der Waals surface area (Å²) in [6.45, 7) is 2.73. The molecule has 0 saturated carbocycles. The number of nitrogens with zero attached hydrogens (tertiary/aromatic N) is 1. The van der Waals surface area contributed by atoms with Crippen molar-refractivity contribution in [3.05, 3.63) is 35.4 Å². The number of hydrogen-bond acceptors (Lipinski definition) is 1. The van der Waals surface area contributed by atoms with Gasteiger partial charge in [0.05, 0.1) is 6.54 Å². The van der Waals surface area contributed by atoms with Gasteiger partial charge in [0, 0.05) is 6.04 Å². The van der Waals surface area contributed by atoms with Gasteiger partial charge in [0.15, 0.2) is 0 Å². The summed E-state index contributed by atoms with van der Waals surface area (Å²) in [5.41, 5.74) is 2.37. The number of aryl methyl sites for hydroxylation is 1. The van der Waals surface area contributed by atoms with E-state index in [9.17, 15) is 8.78 Å². The third-order valence-corrected chi connectivity index (χ3v) is 3.16. The van der Waals surface area contributed by atoms with E-state index >= 15 is 0 Å². The van der Waals surface area contributed by atoms with Crippen LogP contribution in [-0.2, 0) is 0 Å². The summed E-state index contributed by atoms with van der Waals surface area (Å²) in [4.78, 5) is 1.90. The molecule has 16 heavy (non-hydrogen) atoms. The van der Waals surface area contributed by atoms with Gasteiger partial charge < -0.3 is 0 Å². The molecule has 1 fully saturated rings. The van der Waals surface area contributed by atoms with Crippen LogP contribution in [0, 0.1) is 6.92 Å². The predicted molar refractivity (Wildman–Crippen MR) is 60.7 cm³/mol. The van der Waals surface area contributed by atoms with Crippen LogP contribution in [0.3, 0.4) is 0 Å². The van der Waals surface area contributed by atoms with E-state index in [1.54, 1.807) is 0 Å². The largest absolute Gasteiger partial charge is 0.291 e. The zero-order valence-corrected chi connectivity index (χ0v) is 9.50. The van der Waals surface area contributed by atoms with Crippen molar-refractivity contribution in [2.45, 2.75) is 32.2 Å². The summed E-state index contributed by atoms with van der Waals surface area (Å²) < 4.78 is 24.8. The van der Waals surface area contributed by atoms with E-state index in [4.69, 9.17) is 0 Å². The first kappa shape index (κ1) is 11.5. The van der Waals surface area contributed by atoms with Gasteiger partial charge in [-0.3, -0.25) is 4.90 Å². The lowest BCUT2D eigenvalue weighted by molar-refractivity contribution is 0.0822. The standard InChI is InChI=1S/C13H17F2N/c1-10-4-2-5-11(8-10)12-6-3-7-16(12)9-13(14)15/h2,4-5,8,12-13H,3,6-7,9H2,1H3/t12-/m1/s1. The normalized spacial score (nSPS) is 21.9. The minimum atomic E-state index is -2.23. The van der Waals surface area contributed by atoms with Crippen molar-refractivity contribution in [1.29, 1.82) is 0 Å². The molecule has 1 aromatic carbocycles. The van der Waals surface area contributed by atoms with Crippen molar-refractivity contribution in [1.82, 2.24) is 4.90 Å². The van der Waals surface area contributed by atoms with E-state index in [1.165, 1.54) is 11.1 Å². The molecule has 0 bridgehead atoms. The molecule has 3 heteroatoms. The van der Waals surface area contributed by atoms with Crippen molar-refractivity contribution in [3.63, 3.8) is 0 Å². The van der Waals surface area contributed by atoms with Gasteiger partial charge in [-0.25, -0.2) is 8.78 Å². The second kappa shape index (κ2) is 4.91. The molecule has 1 nitrogen and oxygen atoms in total. The smallest absolute Gasteiger partial charge is 0.251 e. The second-order valence-corrected chi connectivity index (χ2v) is 4.46. The van der Waals surface area contributed by atoms with Gasteiger partial charge in [-0.15, -0.1) is 0 Å². The van der Waals surface area contributed by atoms with Crippen LogP contribution in [0.25, 0.3) is 0 Å². The molecule has 0 spiro atoms. The predicted octanol–water partition coefficient (Wildman–Crippen LogP) is 3.40. The van der Waals surface area contributed by atoms with Gasteiger partial charge in [-0.05, 0) is 31.9 Å². The number of rotatable bonds is 3. The van der Waals surface area contributed by atoms with Crippen LogP contribution in [0.4, 0.5) is 8.78 Å². The summed E-state index contributed by atoms with van der Waals surface area (Å²) in [7, 11) is 0. The summed E-state index contributed by atoms with van der Waals surface area (Å²) >= 11 is 0. The fourth-order valence-electron chi connectivity index (χ4n) is 2.48. The topological polar surface area (TPSA) is 3.24 Å². The van der Waals surface area contributed by atoms with E-state index in [0.717, 1.165) is 19.4 Å². The Morgan fingerprint density at radius 2 is 2.25 bits per heavy atom. The van der Waals surface area contributed by atoms with Gasteiger partial charge in [-0.2, -0.15) is 0 Å². The molecule has 0 N–H and O–H groups in total. The molecule has 2 rings (SSSR count).